The molecule has 0 amide bonds. The van der Waals surface area contributed by atoms with E-state index in [1.807, 2.05) is 0 Å². The van der Waals surface area contributed by atoms with E-state index in [4.69, 9.17) is 0 Å². The molecular weight excluding hydrogens is 359 g/mol. The Morgan fingerprint density at radius 1 is 0.556 bits per heavy atom. The molecule has 27 heavy (non-hydrogen) atoms. The summed E-state index contributed by atoms with van der Waals surface area (Å²) in [4.78, 5) is 0. The molecule has 0 fully saturated rings. The van der Waals surface area contributed by atoms with Crippen molar-refractivity contribution in [3.05, 3.63) is 82.7 Å². The third kappa shape index (κ3) is 2.57. The zero-order valence-corrected chi connectivity index (χ0v) is 14.4. The smallest absolute Gasteiger partial charge is 0.169 e. The summed E-state index contributed by atoms with van der Waals surface area (Å²) in [6, 6.07) is 10.1. The van der Waals surface area contributed by atoms with Crippen molar-refractivity contribution in [2.24, 2.45) is 0 Å². The molecule has 0 aromatic heterocycles. The van der Waals surface area contributed by atoms with Gasteiger partial charge < -0.3 is 0 Å². The standard InChI is InChI=1S/C22H13F5/c1-10-7-12-3-4-13(9-16(12)21(26)18(10)23)15-6-5-14-8-11(2)19(24)22(27)17(14)20(15)25/h3-9H,1-2H3. The van der Waals surface area contributed by atoms with Gasteiger partial charge in [0, 0.05) is 10.9 Å². The van der Waals surface area contributed by atoms with Gasteiger partial charge in [-0.1, -0.05) is 24.3 Å². The number of hydrogen-bond acceptors (Lipinski definition) is 0. The fraction of sp³-hybridized carbons (Fsp3) is 0.0909. The summed E-state index contributed by atoms with van der Waals surface area (Å²) in [5, 5.41) is 0.211. The Morgan fingerprint density at radius 2 is 1.15 bits per heavy atom. The van der Waals surface area contributed by atoms with Crippen LogP contribution in [-0.2, 0) is 0 Å². The van der Waals surface area contributed by atoms with Crippen molar-refractivity contribution in [2.45, 2.75) is 13.8 Å². The van der Waals surface area contributed by atoms with Crippen LogP contribution in [-0.4, -0.2) is 0 Å². The van der Waals surface area contributed by atoms with E-state index in [0.29, 0.717) is 5.39 Å². The topological polar surface area (TPSA) is 0 Å². The zero-order valence-electron chi connectivity index (χ0n) is 14.4. The lowest BCUT2D eigenvalue weighted by atomic mass is 9.96. The quantitative estimate of drug-likeness (QED) is 0.317. The zero-order chi connectivity index (χ0) is 19.5. The van der Waals surface area contributed by atoms with Gasteiger partial charge in [-0.15, -0.1) is 0 Å². The van der Waals surface area contributed by atoms with Gasteiger partial charge in [0.25, 0.3) is 0 Å². The molecule has 0 aliphatic rings. The summed E-state index contributed by atoms with van der Waals surface area (Å²) in [6.07, 6.45) is 0. The minimum atomic E-state index is -1.27. The van der Waals surface area contributed by atoms with Crippen LogP contribution in [0.2, 0.25) is 0 Å². The van der Waals surface area contributed by atoms with E-state index in [1.165, 1.54) is 56.3 Å². The van der Waals surface area contributed by atoms with Gasteiger partial charge in [-0.2, -0.15) is 0 Å². The maximum atomic E-state index is 15.0. The van der Waals surface area contributed by atoms with Crippen LogP contribution in [0.25, 0.3) is 32.7 Å². The lowest BCUT2D eigenvalue weighted by Gasteiger charge is -2.11. The van der Waals surface area contributed by atoms with Crippen LogP contribution in [0.3, 0.4) is 0 Å². The molecule has 0 unspecified atom stereocenters. The first-order chi connectivity index (χ1) is 12.8. The van der Waals surface area contributed by atoms with Crippen molar-refractivity contribution in [2.75, 3.05) is 0 Å². The van der Waals surface area contributed by atoms with Crippen LogP contribution in [0.5, 0.6) is 0 Å². The van der Waals surface area contributed by atoms with E-state index in [-0.39, 0.29) is 33.0 Å². The van der Waals surface area contributed by atoms with Crippen molar-refractivity contribution in [1.82, 2.24) is 0 Å². The molecule has 4 aromatic rings. The predicted molar refractivity (Wildman–Crippen MR) is 96.2 cm³/mol. The maximum Gasteiger partial charge on any atom is 0.169 e. The maximum absolute atomic E-state index is 15.0. The van der Waals surface area contributed by atoms with Crippen LogP contribution in [0.15, 0.2) is 42.5 Å². The SMILES string of the molecule is Cc1cc2ccc(-c3ccc4cc(C)c(F)c(F)c4c3F)cc2c(F)c1F. The van der Waals surface area contributed by atoms with Crippen molar-refractivity contribution in [1.29, 1.82) is 0 Å². The Hall–Kier alpha value is -2.95. The molecule has 0 aliphatic heterocycles. The van der Waals surface area contributed by atoms with Crippen LogP contribution in [0.4, 0.5) is 22.0 Å². The lowest BCUT2D eigenvalue weighted by Crippen LogP contribution is -1.96. The highest BCUT2D eigenvalue weighted by Crippen LogP contribution is 2.34. The van der Waals surface area contributed by atoms with Crippen LogP contribution < -0.4 is 0 Å². The fourth-order valence-electron chi connectivity index (χ4n) is 3.36. The summed E-state index contributed by atoms with van der Waals surface area (Å²) in [5.74, 6) is -5.32. The molecule has 0 bridgehead atoms. The Morgan fingerprint density at radius 3 is 1.85 bits per heavy atom. The van der Waals surface area contributed by atoms with E-state index in [2.05, 4.69) is 0 Å². The highest BCUT2D eigenvalue weighted by atomic mass is 19.2. The van der Waals surface area contributed by atoms with Crippen molar-refractivity contribution < 1.29 is 22.0 Å². The molecule has 0 atom stereocenters. The normalized spacial score (nSPS) is 11.5. The van der Waals surface area contributed by atoms with Gasteiger partial charge in [-0.3, -0.25) is 0 Å². The number of hydrogen-bond donors (Lipinski definition) is 0. The summed E-state index contributed by atoms with van der Waals surface area (Å²) in [6.45, 7) is 2.85. The summed E-state index contributed by atoms with van der Waals surface area (Å²) in [7, 11) is 0. The van der Waals surface area contributed by atoms with Crippen LogP contribution in [0, 0.1) is 42.9 Å². The molecule has 0 saturated carbocycles. The molecule has 4 aromatic carbocycles. The molecule has 0 aliphatic carbocycles. The van der Waals surface area contributed by atoms with E-state index in [0.717, 1.165) is 0 Å². The Kier molecular flexibility index (Phi) is 3.91. The van der Waals surface area contributed by atoms with Gasteiger partial charge in [0.05, 0.1) is 5.39 Å². The Balaban J connectivity index is 2.01. The van der Waals surface area contributed by atoms with Gasteiger partial charge in [-0.25, -0.2) is 22.0 Å². The van der Waals surface area contributed by atoms with Gasteiger partial charge in [0.2, 0.25) is 0 Å². The first-order valence-corrected chi connectivity index (χ1v) is 8.25. The van der Waals surface area contributed by atoms with Crippen LogP contribution in [0.1, 0.15) is 11.1 Å². The minimum Gasteiger partial charge on any atom is -0.206 e. The summed E-state index contributed by atoms with van der Waals surface area (Å²) < 4.78 is 71.4. The number of rotatable bonds is 1. The number of halogens is 5. The molecule has 5 heteroatoms. The summed E-state index contributed by atoms with van der Waals surface area (Å²) in [5.41, 5.74) is 0.458. The van der Waals surface area contributed by atoms with E-state index in [9.17, 15) is 22.0 Å². The average Bonchev–Trinajstić information content (AvgIpc) is 2.64. The van der Waals surface area contributed by atoms with Crippen LogP contribution >= 0.6 is 0 Å². The molecule has 0 radical (unpaired) electrons. The number of aryl methyl sites for hydroxylation is 2. The monoisotopic (exact) mass is 372 g/mol. The van der Waals surface area contributed by atoms with Gasteiger partial charge in [0.1, 0.15) is 5.82 Å². The second-order valence-electron chi connectivity index (χ2n) is 6.60. The molecule has 0 spiro atoms. The van der Waals surface area contributed by atoms with E-state index in [1.54, 1.807) is 0 Å². The van der Waals surface area contributed by atoms with Crippen molar-refractivity contribution >= 4 is 21.5 Å². The first-order valence-electron chi connectivity index (χ1n) is 8.25. The van der Waals surface area contributed by atoms with Gasteiger partial charge in [0.15, 0.2) is 23.3 Å². The predicted octanol–water partition coefficient (Wildman–Crippen LogP) is 6.97. The van der Waals surface area contributed by atoms with Gasteiger partial charge in [-0.05, 0) is 59.5 Å². The number of benzene rings is 4. The lowest BCUT2D eigenvalue weighted by molar-refractivity contribution is 0.507. The third-order valence-electron chi connectivity index (χ3n) is 4.82. The van der Waals surface area contributed by atoms with Crippen molar-refractivity contribution in [3.63, 3.8) is 0 Å². The minimum absolute atomic E-state index is 0.00865. The largest absolute Gasteiger partial charge is 0.206 e. The second-order valence-corrected chi connectivity index (χ2v) is 6.60. The van der Waals surface area contributed by atoms with E-state index < -0.39 is 34.5 Å². The molecule has 0 nitrogen and oxygen atoms in total. The fourth-order valence-corrected chi connectivity index (χ4v) is 3.36. The molecule has 0 N–H and O–H groups in total. The number of fused-ring (bicyclic) bond motifs is 2. The van der Waals surface area contributed by atoms with Crippen molar-refractivity contribution in [3.8, 4) is 11.1 Å². The Bertz CT molecular complexity index is 1240. The third-order valence-corrected chi connectivity index (χ3v) is 4.82. The van der Waals surface area contributed by atoms with Gasteiger partial charge >= 0.3 is 0 Å². The summed E-state index contributed by atoms with van der Waals surface area (Å²) >= 11 is 0. The highest BCUT2D eigenvalue weighted by molar-refractivity contribution is 5.93. The molecule has 136 valence electrons. The molecule has 0 saturated heterocycles. The van der Waals surface area contributed by atoms with E-state index >= 15 is 0 Å². The molecular formula is C22H13F5. The highest BCUT2D eigenvalue weighted by Gasteiger charge is 2.19. The molecule has 0 heterocycles. The average molecular weight is 372 g/mol. The second kappa shape index (κ2) is 6.05. The first kappa shape index (κ1) is 17.5. The molecule has 4 rings (SSSR count). The Labute approximate surface area is 151 Å².